The molecule has 0 aromatic heterocycles. The van der Waals surface area contributed by atoms with E-state index in [9.17, 15) is 4.79 Å². The molecular formula is C16H18N2O3. The van der Waals surface area contributed by atoms with Gasteiger partial charge in [-0.1, -0.05) is 0 Å². The number of amides is 1. The van der Waals surface area contributed by atoms with E-state index in [0.717, 1.165) is 5.75 Å². The molecule has 2 aromatic rings. The number of anilines is 2. The van der Waals surface area contributed by atoms with Gasteiger partial charge in [0.1, 0.15) is 11.5 Å². The van der Waals surface area contributed by atoms with E-state index in [1.807, 2.05) is 6.92 Å². The van der Waals surface area contributed by atoms with E-state index in [-0.39, 0.29) is 5.91 Å². The Morgan fingerprint density at radius 2 is 1.90 bits per heavy atom. The van der Waals surface area contributed by atoms with Crippen LogP contribution < -0.4 is 20.5 Å². The maximum atomic E-state index is 12.1. The van der Waals surface area contributed by atoms with E-state index >= 15 is 0 Å². The summed E-state index contributed by atoms with van der Waals surface area (Å²) in [5, 5.41) is 2.79. The van der Waals surface area contributed by atoms with Crippen molar-refractivity contribution < 1.29 is 14.3 Å². The third-order valence-electron chi connectivity index (χ3n) is 2.92. The highest BCUT2D eigenvalue weighted by atomic mass is 16.5. The zero-order valence-electron chi connectivity index (χ0n) is 12.1. The fourth-order valence-corrected chi connectivity index (χ4v) is 1.88. The molecule has 3 N–H and O–H groups in total. The number of methoxy groups -OCH3 is 1. The maximum absolute atomic E-state index is 12.1. The topological polar surface area (TPSA) is 73.6 Å². The average Bonchev–Trinajstić information content (AvgIpc) is 2.48. The molecule has 2 aromatic carbocycles. The summed E-state index contributed by atoms with van der Waals surface area (Å²) in [5.41, 5.74) is 7.45. The van der Waals surface area contributed by atoms with Crippen LogP contribution in [-0.4, -0.2) is 19.6 Å². The lowest BCUT2D eigenvalue weighted by atomic mass is 10.2. The van der Waals surface area contributed by atoms with Crippen molar-refractivity contribution in [3.63, 3.8) is 0 Å². The van der Waals surface area contributed by atoms with Gasteiger partial charge >= 0.3 is 0 Å². The quantitative estimate of drug-likeness (QED) is 0.829. The molecule has 0 bridgehead atoms. The lowest BCUT2D eigenvalue weighted by Gasteiger charge is -2.09. The van der Waals surface area contributed by atoms with E-state index in [4.69, 9.17) is 15.2 Å². The average molecular weight is 286 g/mol. The summed E-state index contributed by atoms with van der Waals surface area (Å²) in [6.07, 6.45) is 0. The fourth-order valence-electron chi connectivity index (χ4n) is 1.88. The van der Waals surface area contributed by atoms with Crippen LogP contribution in [0.25, 0.3) is 0 Å². The molecule has 0 fully saturated rings. The fraction of sp³-hybridized carbons (Fsp3) is 0.188. The van der Waals surface area contributed by atoms with Crippen LogP contribution >= 0.6 is 0 Å². The summed E-state index contributed by atoms with van der Waals surface area (Å²) in [4.78, 5) is 12.1. The SMILES string of the molecule is CCOc1ccc(C(=O)Nc2ccc(OC)c(N)c2)cc1. The smallest absolute Gasteiger partial charge is 0.255 e. The van der Waals surface area contributed by atoms with Crippen molar-refractivity contribution in [2.45, 2.75) is 6.92 Å². The standard InChI is InChI=1S/C16H18N2O3/c1-3-21-13-7-4-11(5-8-13)16(19)18-12-6-9-15(20-2)14(17)10-12/h4-10H,3,17H2,1-2H3,(H,18,19). The van der Waals surface area contributed by atoms with Gasteiger partial charge in [-0.25, -0.2) is 0 Å². The second kappa shape index (κ2) is 6.65. The summed E-state index contributed by atoms with van der Waals surface area (Å²) in [6.45, 7) is 2.51. The minimum absolute atomic E-state index is 0.206. The van der Waals surface area contributed by atoms with Crippen molar-refractivity contribution in [1.82, 2.24) is 0 Å². The zero-order chi connectivity index (χ0) is 15.2. The molecule has 1 amide bonds. The highest BCUT2D eigenvalue weighted by molar-refractivity contribution is 6.04. The van der Waals surface area contributed by atoms with Gasteiger partial charge in [-0.05, 0) is 49.4 Å². The van der Waals surface area contributed by atoms with Crippen LogP contribution in [0.3, 0.4) is 0 Å². The van der Waals surface area contributed by atoms with Crippen molar-refractivity contribution in [3.05, 3.63) is 48.0 Å². The number of carbonyl (C=O) groups excluding carboxylic acids is 1. The lowest BCUT2D eigenvalue weighted by Crippen LogP contribution is -2.12. The maximum Gasteiger partial charge on any atom is 0.255 e. The number of hydrogen-bond acceptors (Lipinski definition) is 4. The number of nitrogens with two attached hydrogens (primary N) is 1. The van der Waals surface area contributed by atoms with Gasteiger partial charge in [-0.3, -0.25) is 4.79 Å². The highest BCUT2D eigenvalue weighted by Crippen LogP contribution is 2.25. The summed E-state index contributed by atoms with van der Waals surface area (Å²) in [5.74, 6) is 1.11. The molecule has 0 aliphatic heterocycles. The van der Waals surface area contributed by atoms with Crippen LogP contribution in [0.5, 0.6) is 11.5 Å². The Morgan fingerprint density at radius 1 is 1.19 bits per heavy atom. The predicted molar refractivity (Wildman–Crippen MR) is 83.0 cm³/mol. The zero-order valence-corrected chi connectivity index (χ0v) is 12.1. The molecule has 0 saturated carbocycles. The molecule has 0 spiro atoms. The molecule has 0 aliphatic rings. The van der Waals surface area contributed by atoms with E-state index in [2.05, 4.69) is 5.32 Å². The van der Waals surface area contributed by atoms with Crippen molar-refractivity contribution in [2.75, 3.05) is 24.8 Å². The van der Waals surface area contributed by atoms with Crippen LogP contribution in [0.15, 0.2) is 42.5 Å². The van der Waals surface area contributed by atoms with Crippen LogP contribution in [0.4, 0.5) is 11.4 Å². The number of benzene rings is 2. The Hall–Kier alpha value is -2.69. The van der Waals surface area contributed by atoms with Crippen LogP contribution in [0.1, 0.15) is 17.3 Å². The summed E-state index contributed by atoms with van der Waals surface area (Å²) in [6, 6.07) is 12.1. The molecule has 21 heavy (non-hydrogen) atoms. The number of rotatable bonds is 5. The number of ether oxygens (including phenoxy) is 2. The molecule has 0 unspecified atom stereocenters. The van der Waals surface area contributed by atoms with Crippen molar-refractivity contribution in [1.29, 1.82) is 0 Å². The van der Waals surface area contributed by atoms with Crippen molar-refractivity contribution >= 4 is 17.3 Å². The molecule has 0 atom stereocenters. The first-order valence-corrected chi connectivity index (χ1v) is 6.61. The Bertz CT molecular complexity index is 624. The lowest BCUT2D eigenvalue weighted by molar-refractivity contribution is 0.102. The third-order valence-corrected chi connectivity index (χ3v) is 2.92. The Balaban J connectivity index is 2.08. The van der Waals surface area contributed by atoms with Gasteiger partial charge in [0.25, 0.3) is 5.91 Å². The second-order valence-corrected chi connectivity index (χ2v) is 4.37. The van der Waals surface area contributed by atoms with Crippen molar-refractivity contribution in [3.8, 4) is 11.5 Å². The summed E-state index contributed by atoms with van der Waals surface area (Å²) < 4.78 is 10.4. The molecule has 0 aliphatic carbocycles. The number of nitrogens with one attached hydrogen (secondary N) is 1. The molecule has 0 saturated heterocycles. The van der Waals surface area contributed by atoms with Crippen LogP contribution in [0, 0.1) is 0 Å². The number of nitrogen functional groups attached to an aromatic ring is 1. The Kier molecular flexibility index (Phi) is 4.66. The first-order valence-electron chi connectivity index (χ1n) is 6.61. The largest absolute Gasteiger partial charge is 0.495 e. The molecule has 0 radical (unpaired) electrons. The van der Waals surface area contributed by atoms with Gasteiger partial charge in [-0.15, -0.1) is 0 Å². The van der Waals surface area contributed by atoms with Gasteiger partial charge in [-0.2, -0.15) is 0 Å². The molecule has 5 heteroatoms. The first kappa shape index (κ1) is 14.7. The minimum atomic E-state index is -0.206. The van der Waals surface area contributed by atoms with Gasteiger partial charge in [0.15, 0.2) is 0 Å². The molecule has 0 heterocycles. The number of carbonyl (C=O) groups is 1. The molecule has 110 valence electrons. The van der Waals surface area contributed by atoms with E-state index in [1.54, 1.807) is 49.6 Å². The van der Waals surface area contributed by atoms with Gasteiger partial charge in [0.2, 0.25) is 0 Å². The van der Waals surface area contributed by atoms with E-state index in [0.29, 0.717) is 29.3 Å². The Morgan fingerprint density at radius 3 is 2.48 bits per heavy atom. The van der Waals surface area contributed by atoms with Gasteiger partial charge < -0.3 is 20.5 Å². The highest BCUT2D eigenvalue weighted by Gasteiger charge is 2.08. The van der Waals surface area contributed by atoms with E-state index < -0.39 is 0 Å². The van der Waals surface area contributed by atoms with Crippen molar-refractivity contribution in [2.24, 2.45) is 0 Å². The molecular weight excluding hydrogens is 268 g/mol. The molecule has 5 nitrogen and oxygen atoms in total. The number of hydrogen-bond donors (Lipinski definition) is 2. The van der Waals surface area contributed by atoms with Crippen LogP contribution in [0.2, 0.25) is 0 Å². The van der Waals surface area contributed by atoms with Crippen LogP contribution in [-0.2, 0) is 0 Å². The third kappa shape index (κ3) is 3.66. The normalized spacial score (nSPS) is 10.0. The molecule has 2 rings (SSSR count). The monoisotopic (exact) mass is 286 g/mol. The minimum Gasteiger partial charge on any atom is -0.495 e. The summed E-state index contributed by atoms with van der Waals surface area (Å²) >= 11 is 0. The second-order valence-electron chi connectivity index (χ2n) is 4.37. The summed E-state index contributed by atoms with van der Waals surface area (Å²) in [7, 11) is 1.55. The van der Waals surface area contributed by atoms with Gasteiger partial charge in [0.05, 0.1) is 19.4 Å². The predicted octanol–water partition coefficient (Wildman–Crippen LogP) is 2.93. The Labute approximate surface area is 123 Å². The van der Waals surface area contributed by atoms with Gasteiger partial charge in [0, 0.05) is 11.3 Å². The van der Waals surface area contributed by atoms with E-state index in [1.165, 1.54) is 0 Å². The first-order chi connectivity index (χ1) is 10.1.